The molecule has 1 aromatic heterocycles. The van der Waals surface area contributed by atoms with Crippen molar-refractivity contribution in [1.82, 2.24) is 4.98 Å². The van der Waals surface area contributed by atoms with Crippen molar-refractivity contribution in [1.29, 1.82) is 0 Å². The van der Waals surface area contributed by atoms with Crippen molar-refractivity contribution >= 4 is 13.3 Å². The van der Waals surface area contributed by atoms with Gasteiger partial charge in [-0.3, -0.25) is 14.3 Å². The molecule has 23 heavy (non-hydrogen) atoms. The average molecular weight is 333 g/mol. The molecule has 0 spiro atoms. The van der Waals surface area contributed by atoms with Crippen LogP contribution in [-0.4, -0.2) is 21.0 Å². The monoisotopic (exact) mass is 333 g/mol. The summed E-state index contributed by atoms with van der Waals surface area (Å²) < 4.78 is 12.9. The van der Waals surface area contributed by atoms with Crippen LogP contribution in [0.2, 0.25) is 0 Å². The van der Waals surface area contributed by atoms with Crippen LogP contribution in [0.25, 0.3) is 0 Å². The predicted molar refractivity (Wildman–Crippen MR) is 88.4 cm³/mol. The molecule has 6 heteroatoms. The number of nitrogens with zero attached hydrogens (tertiary/aromatic N) is 1. The number of rotatable bonds is 8. The van der Waals surface area contributed by atoms with Gasteiger partial charge in [-0.2, -0.15) is 0 Å². The van der Waals surface area contributed by atoms with E-state index in [4.69, 9.17) is 5.11 Å². The van der Waals surface area contributed by atoms with Gasteiger partial charge in [0.15, 0.2) is 0 Å². The molecule has 0 saturated heterocycles. The van der Waals surface area contributed by atoms with E-state index in [2.05, 4.69) is 4.98 Å². The van der Waals surface area contributed by atoms with Crippen molar-refractivity contribution in [3.63, 3.8) is 0 Å². The first kappa shape index (κ1) is 17.4. The number of carbonyl (C=O) groups is 1. The summed E-state index contributed by atoms with van der Waals surface area (Å²) in [5.74, 6) is -0.902. The van der Waals surface area contributed by atoms with Crippen LogP contribution in [-0.2, 0) is 15.5 Å². The summed E-state index contributed by atoms with van der Waals surface area (Å²) in [5, 5.41) is 8.79. The number of aliphatic carboxylic acids is 1. The van der Waals surface area contributed by atoms with E-state index in [1.165, 1.54) is 0 Å². The van der Waals surface area contributed by atoms with Crippen molar-refractivity contribution in [3.05, 3.63) is 66.0 Å². The topological polar surface area (TPSA) is 87.5 Å². The zero-order valence-electron chi connectivity index (χ0n) is 12.7. The molecule has 2 rings (SSSR count). The molecule has 0 fully saturated rings. The lowest BCUT2D eigenvalue weighted by molar-refractivity contribution is -0.137. The van der Waals surface area contributed by atoms with Crippen molar-refractivity contribution < 1.29 is 19.4 Å². The van der Waals surface area contributed by atoms with E-state index in [-0.39, 0.29) is 12.6 Å². The molecule has 0 radical (unpaired) electrons. The van der Waals surface area contributed by atoms with Crippen LogP contribution in [0.4, 0.5) is 0 Å². The molecule has 2 unspecified atom stereocenters. The number of benzene rings is 1. The van der Waals surface area contributed by atoms with Crippen LogP contribution >= 0.6 is 7.37 Å². The Labute approximate surface area is 135 Å². The van der Waals surface area contributed by atoms with Gasteiger partial charge in [-0.15, -0.1) is 0 Å². The van der Waals surface area contributed by atoms with E-state index in [9.17, 15) is 14.3 Å². The number of hydrogen-bond donors (Lipinski definition) is 2. The van der Waals surface area contributed by atoms with Gasteiger partial charge in [0.2, 0.25) is 7.37 Å². The fourth-order valence-electron chi connectivity index (χ4n) is 2.53. The highest BCUT2D eigenvalue weighted by atomic mass is 31.2. The van der Waals surface area contributed by atoms with Gasteiger partial charge in [-0.1, -0.05) is 36.4 Å². The standard InChI is InChI=1S/C17H20NO4P/c19-17(20)11-6-10-16(15-9-4-5-12-18-15)23(21,22)13-14-7-2-1-3-8-14/h1-5,7-9,12,16H,6,10-11,13H2,(H,19,20)(H,21,22). The van der Waals surface area contributed by atoms with Gasteiger partial charge in [0.05, 0.1) is 17.5 Å². The second-order valence-corrected chi connectivity index (χ2v) is 7.91. The summed E-state index contributed by atoms with van der Waals surface area (Å²) in [7, 11) is -3.56. The molecular weight excluding hydrogens is 313 g/mol. The molecule has 0 amide bonds. The minimum absolute atomic E-state index is 0.0192. The van der Waals surface area contributed by atoms with Crippen LogP contribution < -0.4 is 0 Å². The first-order chi connectivity index (χ1) is 11.0. The highest BCUT2D eigenvalue weighted by Gasteiger charge is 2.33. The molecule has 1 heterocycles. The Bertz CT molecular complexity index is 676. The van der Waals surface area contributed by atoms with E-state index in [1.54, 1.807) is 24.4 Å². The molecule has 5 nitrogen and oxygen atoms in total. The van der Waals surface area contributed by atoms with Gasteiger partial charge in [0.25, 0.3) is 0 Å². The molecular formula is C17H20NO4P. The number of carboxylic acids is 1. The largest absolute Gasteiger partial charge is 0.481 e. The zero-order valence-corrected chi connectivity index (χ0v) is 13.6. The Morgan fingerprint density at radius 1 is 1.13 bits per heavy atom. The third kappa shape index (κ3) is 5.31. The maximum atomic E-state index is 12.9. The fraction of sp³-hybridized carbons (Fsp3) is 0.294. The third-order valence-electron chi connectivity index (χ3n) is 3.64. The fourth-order valence-corrected chi connectivity index (χ4v) is 4.64. The maximum Gasteiger partial charge on any atom is 0.303 e. The average Bonchev–Trinajstić information content (AvgIpc) is 2.52. The summed E-state index contributed by atoms with van der Waals surface area (Å²) >= 11 is 0. The van der Waals surface area contributed by atoms with E-state index in [0.717, 1.165) is 5.56 Å². The van der Waals surface area contributed by atoms with Crippen molar-refractivity contribution in [3.8, 4) is 0 Å². The number of hydrogen-bond acceptors (Lipinski definition) is 3. The normalized spacial score (nSPS) is 14.8. The van der Waals surface area contributed by atoms with Crippen LogP contribution in [0.1, 0.15) is 36.2 Å². The van der Waals surface area contributed by atoms with Gasteiger partial charge < -0.3 is 10.00 Å². The molecule has 2 atom stereocenters. The van der Waals surface area contributed by atoms with E-state index in [0.29, 0.717) is 18.5 Å². The molecule has 2 N–H and O–H groups in total. The van der Waals surface area contributed by atoms with Gasteiger partial charge in [0, 0.05) is 12.6 Å². The highest BCUT2D eigenvalue weighted by molar-refractivity contribution is 7.57. The summed E-state index contributed by atoms with van der Waals surface area (Å²) in [6.07, 6.45) is 2.29. The molecule has 0 aliphatic carbocycles. The molecule has 1 aromatic carbocycles. The van der Waals surface area contributed by atoms with E-state index < -0.39 is 19.0 Å². The van der Waals surface area contributed by atoms with E-state index >= 15 is 0 Å². The maximum absolute atomic E-state index is 12.9. The van der Waals surface area contributed by atoms with Crippen LogP contribution in [0.3, 0.4) is 0 Å². The Morgan fingerprint density at radius 2 is 1.83 bits per heavy atom. The Hall–Kier alpha value is -1.97. The Kier molecular flexibility index (Phi) is 6.08. The highest BCUT2D eigenvalue weighted by Crippen LogP contribution is 2.59. The van der Waals surface area contributed by atoms with Gasteiger partial charge in [-0.05, 0) is 30.5 Å². The zero-order chi connectivity index (χ0) is 16.7. The molecule has 0 aliphatic heterocycles. The SMILES string of the molecule is O=C(O)CCCC(c1ccccn1)P(=O)(O)Cc1ccccc1. The molecule has 122 valence electrons. The van der Waals surface area contributed by atoms with Gasteiger partial charge in [0.1, 0.15) is 0 Å². The number of carboxylic acid groups (broad SMARTS) is 1. The smallest absolute Gasteiger partial charge is 0.303 e. The Balaban J connectivity index is 2.20. The summed E-state index contributed by atoms with van der Waals surface area (Å²) in [4.78, 5) is 25.5. The second kappa shape index (κ2) is 8.04. The third-order valence-corrected chi connectivity index (χ3v) is 5.95. The first-order valence-corrected chi connectivity index (χ1v) is 9.38. The minimum atomic E-state index is -3.56. The minimum Gasteiger partial charge on any atom is -0.481 e. The molecule has 0 bridgehead atoms. The number of pyridine rings is 1. The van der Waals surface area contributed by atoms with E-state index in [1.807, 2.05) is 30.3 Å². The quantitative estimate of drug-likeness (QED) is 0.717. The van der Waals surface area contributed by atoms with Crippen LogP contribution in [0.5, 0.6) is 0 Å². The van der Waals surface area contributed by atoms with Crippen molar-refractivity contribution in [2.45, 2.75) is 31.1 Å². The first-order valence-electron chi connectivity index (χ1n) is 7.47. The summed E-state index contributed by atoms with van der Waals surface area (Å²) in [6.45, 7) is 0. The number of aromatic nitrogens is 1. The molecule has 0 saturated carbocycles. The van der Waals surface area contributed by atoms with Crippen molar-refractivity contribution in [2.24, 2.45) is 0 Å². The van der Waals surface area contributed by atoms with Crippen LogP contribution in [0, 0.1) is 0 Å². The predicted octanol–water partition coefficient (Wildman–Crippen LogP) is 3.85. The van der Waals surface area contributed by atoms with Crippen LogP contribution in [0.15, 0.2) is 54.7 Å². The second-order valence-electron chi connectivity index (χ2n) is 5.46. The summed E-state index contributed by atoms with van der Waals surface area (Å²) in [6, 6.07) is 14.4. The summed E-state index contributed by atoms with van der Waals surface area (Å²) in [5.41, 5.74) is 0.681. The molecule has 0 aliphatic rings. The van der Waals surface area contributed by atoms with Crippen molar-refractivity contribution in [2.75, 3.05) is 0 Å². The lowest BCUT2D eigenvalue weighted by Crippen LogP contribution is -2.06. The van der Waals surface area contributed by atoms with Gasteiger partial charge >= 0.3 is 5.97 Å². The lowest BCUT2D eigenvalue weighted by Gasteiger charge is -2.22. The van der Waals surface area contributed by atoms with Gasteiger partial charge in [-0.25, -0.2) is 0 Å². The lowest BCUT2D eigenvalue weighted by atomic mass is 10.1. The molecule has 2 aromatic rings. The Morgan fingerprint density at radius 3 is 2.43 bits per heavy atom.